The normalized spacial score (nSPS) is 28.8. The third kappa shape index (κ3) is 5.59. The molecule has 3 heterocycles. The largest absolute Gasteiger partial charge is 0.406 e. The highest BCUT2D eigenvalue weighted by Crippen LogP contribution is 2.27. The summed E-state index contributed by atoms with van der Waals surface area (Å²) in [4.78, 5) is 29.7. The van der Waals surface area contributed by atoms with Crippen molar-refractivity contribution in [1.29, 1.82) is 0 Å². The zero-order chi connectivity index (χ0) is 19.6. The number of amides is 2. The van der Waals surface area contributed by atoms with Crippen LogP contribution in [-0.4, -0.2) is 78.5 Å². The molecule has 27 heavy (non-hydrogen) atoms. The van der Waals surface area contributed by atoms with Crippen LogP contribution in [-0.2, 0) is 9.59 Å². The lowest BCUT2D eigenvalue weighted by molar-refractivity contribution is -0.157. The van der Waals surface area contributed by atoms with E-state index in [4.69, 9.17) is 0 Å². The van der Waals surface area contributed by atoms with Crippen molar-refractivity contribution in [2.45, 2.75) is 45.2 Å². The van der Waals surface area contributed by atoms with Crippen LogP contribution in [0.1, 0.15) is 39.0 Å². The number of carbonyl (C=O) groups excluding carboxylic acids is 2. The van der Waals surface area contributed by atoms with Gasteiger partial charge in [-0.1, -0.05) is 6.92 Å². The lowest BCUT2D eigenvalue weighted by Crippen LogP contribution is -2.47. The Morgan fingerprint density at radius 2 is 1.81 bits per heavy atom. The van der Waals surface area contributed by atoms with Crippen LogP contribution in [0.2, 0.25) is 0 Å². The Kier molecular flexibility index (Phi) is 6.33. The summed E-state index contributed by atoms with van der Waals surface area (Å²) in [5.74, 6) is -0.147. The first-order valence-corrected chi connectivity index (χ1v) is 10.1. The number of hydrogen-bond acceptors (Lipinski definition) is 3. The molecule has 2 amide bonds. The maximum Gasteiger partial charge on any atom is 0.406 e. The molecule has 0 saturated carbocycles. The van der Waals surface area contributed by atoms with Gasteiger partial charge >= 0.3 is 6.18 Å². The molecule has 3 fully saturated rings. The molecule has 0 aromatic heterocycles. The van der Waals surface area contributed by atoms with Crippen LogP contribution in [0.25, 0.3) is 0 Å². The van der Waals surface area contributed by atoms with Gasteiger partial charge in [-0.2, -0.15) is 13.2 Å². The van der Waals surface area contributed by atoms with E-state index in [0.717, 1.165) is 43.3 Å². The van der Waals surface area contributed by atoms with Crippen LogP contribution in [0.15, 0.2) is 0 Å². The van der Waals surface area contributed by atoms with Gasteiger partial charge in [0.05, 0.1) is 5.92 Å². The molecule has 5 nitrogen and oxygen atoms in total. The summed E-state index contributed by atoms with van der Waals surface area (Å²) in [5.41, 5.74) is 0. The van der Waals surface area contributed by atoms with Gasteiger partial charge in [0, 0.05) is 32.6 Å². The molecule has 3 saturated heterocycles. The van der Waals surface area contributed by atoms with Crippen molar-refractivity contribution in [2.24, 2.45) is 17.8 Å². The first-order valence-electron chi connectivity index (χ1n) is 10.1. The maximum atomic E-state index is 12.8. The number of nitrogens with zero attached hydrogens (tertiary/aromatic N) is 3. The molecule has 0 radical (unpaired) electrons. The molecule has 0 aromatic carbocycles. The molecule has 154 valence electrons. The predicted molar refractivity (Wildman–Crippen MR) is 94.9 cm³/mol. The summed E-state index contributed by atoms with van der Waals surface area (Å²) in [6, 6.07) is 0. The molecular formula is C19H30F3N3O2. The van der Waals surface area contributed by atoms with Gasteiger partial charge in [0.15, 0.2) is 0 Å². The van der Waals surface area contributed by atoms with Gasteiger partial charge < -0.3 is 14.7 Å². The SMILES string of the molecule is CC1CCN(CC2CCCN(C(=O)C3CC(=O)N(CC(F)(F)F)C3)C2)CC1. The fourth-order valence-electron chi connectivity index (χ4n) is 4.59. The van der Waals surface area contributed by atoms with Crippen LogP contribution >= 0.6 is 0 Å². The van der Waals surface area contributed by atoms with E-state index in [-0.39, 0.29) is 18.9 Å². The van der Waals surface area contributed by atoms with E-state index in [1.807, 2.05) is 0 Å². The Morgan fingerprint density at radius 1 is 1.11 bits per heavy atom. The van der Waals surface area contributed by atoms with Gasteiger partial charge in [0.25, 0.3) is 0 Å². The van der Waals surface area contributed by atoms with Crippen LogP contribution in [0, 0.1) is 17.8 Å². The van der Waals surface area contributed by atoms with E-state index in [9.17, 15) is 22.8 Å². The summed E-state index contributed by atoms with van der Waals surface area (Å²) in [6.07, 6.45) is -0.0771. The third-order valence-corrected chi connectivity index (χ3v) is 6.16. The first-order chi connectivity index (χ1) is 12.7. The standard InChI is InChI=1S/C19H30F3N3O2/c1-14-4-7-23(8-5-14)10-15-3-2-6-24(11-15)18(27)16-9-17(26)25(12-16)13-19(20,21)22/h14-16H,2-13H2,1H3. The van der Waals surface area contributed by atoms with Gasteiger partial charge in [0.2, 0.25) is 11.8 Å². The minimum absolute atomic E-state index is 0.0971. The Hall–Kier alpha value is -1.31. The van der Waals surface area contributed by atoms with Crippen LogP contribution < -0.4 is 0 Å². The second kappa shape index (κ2) is 8.37. The molecule has 2 unspecified atom stereocenters. The highest BCUT2D eigenvalue weighted by molar-refractivity contribution is 5.89. The molecule has 3 aliphatic rings. The smallest absolute Gasteiger partial charge is 0.342 e. The van der Waals surface area contributed by atoms with Crippen molar-refractivity contribution in [2.75, 3.05) is 45.8 Å². The van der Waals surface area contributed by atoms with E-state index in [1.165, 1.54) is 12.8 Å². The maximum absolute atomic E-state index is 12.8. The highest BCUT2D eigenvalue weighted by Gasteiger charge is 2.42. The van der Waals surface area contributed by atoms with Gasteiger partial charge in [0.1, 0.15) is 6.54 Å². The number of carbonyl (C=O) groups is 2. The molecule has 0 spiro atoms. The van der Waals surface area contributed by atoms with Crippen LogP contribution in [0.3, 0.4) is 0 Å². The molecule has 0 aliphatic carbocycles. The zero-order valence-electron chi connectivity index (χ0n) is 16.0. The molecule has 8 heteroatoms. The fourth-order valence-corrected chi connectivity index (χ4v) is 4.59. The lowest BCUT2D eigenvalue weighted by Gasteiger charge is -2.38. The van der Waals surface area contributed by atoms with Crippen molar-refractivity contribution in [3.8, 4) is 0 Å². The minimum Gasteiger partial charge on any atom is -0.342 e. The average molecular weight is 389 g/mol. The summed E-state index contributed by atoms with van der Waals surface area (Å²) >= 11 is 0. The zero-order valence-corrected chi connectivity index (χ0v) is 16.0. The van der Waals surface area contributed by atoms with Crippen molar-refractivity contribution in [3.05, 3.63) is 0 Å². The monoisotopic (exact) mass is 389 g/mol. The topological polar surface area (TPSA) is 43.9 Å². The number of piperidine rings is 2. The number of alkyl halides is 3. The number of hydrogen-bond donors (Lipinski definition) is 0. The van der Waals surface area contributed by atoms with Crippen molar-refractivity contribution < 1.29 is 22.8 Å². The lowest BCUT2D eigenvalue weighted by atomic mass is 9.93. The fraction of sp³-hybridized carbons (Fsp3) is 0.895. The Morgan fingerprint density at radius 3 is 2.48 bits per heavy atom. The molecular weight excluding hydrogens is 359 g/mol. The number of rotatable bonds is 4. The second-order valence-corrected chi connectivity index (χ2v) is 8.57. The van der Waals surface area contributed by atoms with Gasteiger partial charge in [-0.25, -0.2) is 0 Å². The summed E-state index contributed by atoms with van der Waals surface area (Å²) in [5, 5.41) is 0. The Balaban J connectivity index is 1.50. The van der Waals surface area contributed by atoms with E-state index in [1.54, 1.807) is 4.90 Å². The number of likely N-dealkylation sites (tertiary alicyclic amines) is 3. The van der Waals surface area contributed by atoms with Crippen LogP contribution in [0.5, 0.6) is 0 Å². The summed E-state index contributed by atoms with van der Waals surface area (Å²) in [7, 11) is 0. The molecule has 0 N–H and O–H groups in total. The highest BCUT2D eigenvalue weighted by atomic mass is 19.4. The summed E-state index contributed by atoms with van der Waals surface area (Å²) in [6.45, 7) is 5.42. The van der Waals surface area contributed by atoms with E-state index < -0.39 is 24.5 Å². The Labute approximate surface area is 158 Å². The van der Waals surface area contributed by atoms with E-state index in [0.29, 0.717) is 19.0 Å². The second-order valence-electron chi connectivity index (χ2n) is 8.57. The molecule has 0 aromatic rings. The van der Waals surface area contributed by atoms with Gasteiger partial charge in [-0.3, -0.25) is 9.59 Å². The van der Waals surface area contributed by atoms with E-state index in [2.05, 4.69) is 11.8 Å². The number of halogens is 3. The quantitative estimate of drug-likeness (QED) is 0.742. The molecule has 2 atom stereocenters. The summed E-state index contributed by atoms with van der Waals surface area (Å²) < 4.78 is 37.7. The van der Waals surface area contributed by atoms with Crippen molar-refractivity contribution in [3.63, 3.8) is 0 Å². The predicted octanol–water partition coefficient (Wildman–Crippen LogP) is 2.37. The van der Waals surface area contributed by atoms with Crippen molar-refractivity contribution in [1.82, 2.24) is 14.7 Å². The average Bonchev–Trinajstić information content (AvgIpc) is 2.95. The first kappa shape index (κ1) is 20.4. The molecule has 3 aliphatic heterocycles. The molecule has 0 bridgehead atoms. The van der Waals surface area contributed by atoms with Gasteiger partial charge in [-0.15, -0.1) is 0 Å². The van der Waals surface area contributed by atoms with E-state index >= 15 is 0 Å². The van der Waals surface area contributed by atoms with Crippen molar-refractivity contribution >= 4 is 11.8 Å². The van der Waals surface area contributed by atoms with Crippen LogP contribution in [0.4, 0.5) is 13.2 Å². The molecule has 3 rings (SSSR count). The Bertz CT molecular complexity index is 547. The minimum atomic E-state index is -4.42. The third-order valence-electron chi connectivity index (χ3n) is 6.16. The van der Waals surface area contributed by atoms with Gasteiger partial charge in [-0.05, 0) is 50.6 Å².